The first kappa shape index (κ1) is 24.1. The lowest BCUT2D eigenvalue weighted by atomic mass is 9.68. The number of aromatic nitrogens is 2. The number of carbonyl (C=O) groups is 2. The minimum absolute atomic E-state index is 0.0592. The van der Waals surface area contributed by atoms with E-state index < -0.39 is 6.04 Å². The first-order chi connectivity index (χ1) is 17.4. The quantitative estimate of drug-likeness (QED) is 0.519. The maximum Gasteiger partial charge on any atom is 0.317 e. The van der Waals surface area contributed by atoms with Crippen LogP contribution in [0.3, 0.4) is 0 Å². The van der Waals surface area contributed by atoms with E-state index in [4.69, 9.17) is 4.74 Å². The van der Waals surface area contributed by atoms with Crippen LogP contribution in [0.2, 0.25) is 0 Å². The molecule has 1 atom stereocenters. The van der Waals surface area contributed by atoms with E-state index in [9.17, 15) is 14.7 Å². The number of carbonyl (C=O) groups excluding carboxylic acids is 2. The number of ether oxygens (including phenoxy) is 1. The number of aliphatic hydroxyl groups is 1. The van der Waals surface area contributed by atoms with Crippen LogP contribution in [0.1, 0.15) is 54.3 Å². The molecular formula is C27H33N5O4. The monoisotopic (exact) mass is 491 g/mol. The number of methoxy groups -OCH3 is 1. The van der Waals surface area contributed by atoms with Gasteiger partial charge in [-0.1, -0.05) is 0 Å². The lowest BCUT2D eigenvalue weighted by molar-refractivity contribution is 0.0366. The third-order valence-corrected chi connectivity index (χ3v) is 7.51. The molecule has 3 amide bonds. The van der Waals surface area contributed by atoms with Gasteiger partial charge >= 0.3 is 6.03 Å². The van der Waals surface area contributed by atoms with Crippen molar-refractivity contribution in [2.45, 2.75) is 44.2 Å². The van der Waals surface area contributed by atoms with Crippen molar-refractivity contribution in [1.82, 2.24) is 25.1 Å². The topological polar surface area (TPSA) is 111 Å². The number of hydrogen-bond acceptors (Lipinski definition) is 5. The van der Waals surface area contributed by atoms with Crippen LogP contribution in [0, 0.1) is 0 Å². The number of aliphatic hydroxyl groups excluding tert-OH is 1. The number of likely N-dealkylation sites (tertiary alicyclic amines) is 1. The molecule has 3 N–H and O–H groups in total. The molecule has 4 heterocycles. The number of aromatic amines is 1. The molecule has 0 aliphatic carbocycles. The van der Waals surface area contributed by atoms with Crippen LogP contribution in [-0.4, -0.2) is 76.2 Å². The van der Waals surface area contributed by atoms with Gasteiger partial charge in [-0.2, -0.15) is 0 Å². The molecule has 2 aliphatic rings. The Kier molecular flexibility index (Phi) is 6.34. The van der Waals surface area contributed by atoms with Gasteiger partial charge in [-0.25, -0.2) is 4.79 Å². The molecule has 0 radical (unpaired) electrons. The van der Waals surface area contributed by atoms with Gasteiger partial charge in [0, 0.05) is 66.1 Å². The van der Waals surface area contributed by atoms with Gasteiger partial charge in [0.25, 0.3) is 5.91 Å². The fraction of sp³-hybridized carbons (Fsp3) is 0.444. The van der Waals surface area contributed by atoms with Crippen molar-refractivity contribution in [1.29, 1.82) is 0 Å². The summed E-state index contributed by atoms with van der Waals surface area (Å²) in [6.45, 7) is 5.32. The fourth-order valence-corrected chi connectivity index (χ4v) is 5.76. The fourth-order valence-electron chi connectivity index (χ4n) is 5.76. The van der Waals surface area contributed by atoms with E-state index in [0.29, 0.717) is 38.0 Å². The van der Waals surface area contributed by atoms with E-state index in [0.717, 1.165) is 27.9 Å². The third kappa shape index (κ3) is 4.07. The maximum atomic E-state index is 13.7. The van der Waals surface area contributed by atoms with Crippen LogP contribution in [0.4, 0.5) is 4.79 Å². The van der Waals surface area contributed by atoms with Crippen molar-refractivity contribution in [2.24, 2.45) is 0 Å². The molecule has 9 nitrogen and oxygen atoms in total. The molecule has 1 spiro atoms. The van der Waals surface area contributed by atoms with Crippen molar-refractivity contribution in [2.75, 3.05) is 33.4 Å². The zero-order valence-corrected chi connectivity index (χ0v) is 21.0. The van der Waals surface area contributed by atoms with E-state index in [2.05, 4.69) is 21.4 Å². The number of rotatable bonds is 4. The minimum atomic E-state index is -0.515. The summed E-state index contributed by atoms with van der Waals surface area (Å²) < 4.78 is 5.44. The van der Waals surface area contributed by atoms with Gasteiger partial charge < -0.3 is 29.9 Å². The summed E-state index contributed by atoms with van der Waals surface area (Å²) in [6.07, 6.45) is 4.62. The first-order valence-electron chi connectivity index (χ1n) is 12.4. The first-order valence-corrected chi connectivity index (χ1v) is 12.4. The van der Waals surface area contributed by atoms with Crippen molar-refractivity contribution >= 4 is 22.8 Å². The van der Waals surface area contributed by atoms with Crippen LogP contribution in [0.25, 0.3) is 10.9 Å². The summed E-state index contributed by atoms with van der Waals surface area (Å²) in [4.78, 5) is 37.7. The zero-order valence-electron chi connectivity index (χ0n) is 21.0. The molecule has 1 aromatic carbocycles. The number of fused-ring (bicyclic) bond motifs is 4. The molecule has 2 aromatic heterocycles. The summed E-state index contributed by atoms with van der Waals surface area (Å²) in [7, 11) is 1.63. The summed E-state index contributed by atoms with van der Waals surface area (Å²) in [6, 6.07) is 8.93. The van der Waals surface area contributed by atoms with Crippen LogP contribution in [-0.2, 0) is 5.41 Å². The largest absolute Gasteiger partial charge is 0.497 e. The molecule has 5 rings (SSSR count). The number of benzene rings is 1. The van der Waals surface area contributed by atoms with Gasteiger partial charge in [0.2, 0.25) is 0 Å². The molecule has 190 valence electrons. The maximum absolute atomic E-state index is 13.7. The summed E-state index contributed by atoms with van der Waals surface area (Å²) >= 11 is 0. The Labute approximate surface area is 210 Å². The molecule has 0 saturated carbocycles. The molecule has 9 heteroatoms. The predicted molar refractivity (Wildman–Crippen MR) is 136 cm³/mol. The third-order valence-electron chi connectivity index (χ3n) is 7.51. The summed E-state index contributed by atoms with van der Waals surface area (Å²) in [5.74, 6) is 0.572. The molecule has 36 heavy (non-hydrogen) atoms. The van der Waals surface area contributed by atoms with Crippen molar-refractivity contribution in [3.63, 3.8) is 0 Å². The molecule has 3 aromatic rings. The number of nitrogens with zero attached hydrogens (tertiary/aromatic N) is 3. The normalized spacial score (nSPS) is 19.0. The number of pyridine rings is 1. The molecule has 0 unspecified atom stereocenters. The molecule has 0 bridgehead atoms. The standard InChI is InChI=1S/C27H33N5O4/c1-17(2)29-26(35)31-11-8-27(9-12-31)16-32(25(34)18-5-4-10-28-14-18)22(15-33)24-23(27)20-7-6-19(36-3)13-21(20)30-24/h4-7,10,13-14,17,22,30,33H,8-9,11-12,15-16H2,1-3H3,(H,29,35)/t22-/m0/s1. The number of H-pyrrole nitrogens is 1. The lowest BCUT2D eigenvalue weighted by Gasteiger charge is -2.50. The van der Waals surface area contributed by atoms with Crippen molar-refractivity contribution < 1.29 is 19.4 Å². The predicted octanol–water partition coefficient (Wildman–Crippen LogP) is 3.21. The summed E-state index contributed by atoms with van der Waals surface area (Å²) in [5.41, 5.74) is 3.02. The van der Waals surface area contributed by atoms with Crippen LogP contribution < -0.4 is 10.1 Å². The van der Waals surface area contributed by atoms with Gasteiger partial charge in [0.15, 0.2) is 0 Å². The number of amides is 3. The van der Waals surface area contributed by atoms with Crippen LogP contribution >= 0.6 is 0 Å². The Hall–Kier alpha value is -3.59. The minimum Gasteiger partial charge on any atom is -0.497 e. The zero-order chi connectivity index (χ0) is 25.4. The Morgan fingerprint density at radius 1 is 1.28 bits per heavy atom. The Morgan fingerprint density at radius 3 is 2.69 bits per heavy atom. The van der Waals surface area contributed by atoms with Crippen LogP contribution in [0.15, 0.2) is 42.7 Å². The average Bonchev–Trinajstić information content (AvgIpc) is 3.28. The highest BCUT2D eigenvalue weighted by atomic mass is 16.5. The smallest absolute Gasteiger partial charge is 0.317 e. The lowest BCUT2D eigenvalue weighted by Crippen LogP contribution is -2.57. The highest BCUT2D eigenvalue weighted by Gasteiger charge is 2.49. The van der Waals surface area contributed by atoms with E-state index in [1.807, 2.05) is 30.9 Å². The second-order valence-corrected chi connectivity index (χ2v) is 10.1. The van der Waals surface area contributed by atoms with E-state index in [1.165, 1.54) is 0 Å². The number of piperidine rings is 1. The second kappa shape index (κ2) is 9.46. The molecule has 1 fully saturated rings. The van der Waals surface area contributed by atoms with Gasteiger partial charge in [-0.05, 0) is 56.5 Å². The average molecular weight is 492 g/mol. The number of hydrogen-bond donors (Lipinski definition) is 3. The molecule has 2 aliphatic heterocycles. The van der Waals surface area contributed by atoms with Crippen LogP contribution in [0.5, 0.6) is 5.75 Å². The SMILES string of the molecule is COc1ccc2c3c([nH]c2c1)[C@H](CO)N(C(=O)c1cccnc1)CC31CCN(C(=O)NC(C)C)CC1. The highest BCUT2D eigenvalue weighted by molar-refractivity contribution is 5.95. The Bertz CT molecular complexity index is 1260. The molecular weight excluding hydrogens is 458 g/mol. The van der Waals surface area contributed by atoms with Crippen molar-refractivity contribution in [3.8, 4) is 5.75 Å². The molecule has 1 saturated heterocycles. The second-order valence-electron chi connectivity index (χ2n) is 10.1. The van der Waals surface area contributed by atoms with Gasteiger partial charge in [-0.15, -0.1) is 0 Å². The van der Waals surface area contributed by atoms with Gasteiger partial charge in [0.05, 0.1) is 25.3 Å². The summed E-state index contributed by atoms with van der Waals surface area (Å²) in [5, 5.41) is 14.6. The van der Waals surface area contributed by atoms with Crippen molar-refractivity contribution in [3.05, 3.63) is 59.5 Å². The van der Waals surface area contributed by atoms with E-state index in [1.54, 1.807) is 36.5 Å². The van der Waals surface area contributed by atoms with E-state index in [-0.39, 0.29) is 30.0 Å². The number of nitrogens with one attached hydrogen (secondary N) is 2. The van der Waals surface area contributed by atoms with Gasteiger partial charge in [0.1, 0.15) is 5.75 Å². The Balaban J connectivity index is 1.59. The van der Waals surface area contributed by atoms with Gasteiger partial charge in [-0.3, -0.25) is 9.78 Å². The Morgan fingerprint density at radius 2 is 2.06 bits per heavy atom. The number of urea groups is 1. The highest BCUT2D eigenvalue weighted by Crippen LogP contribution is 2.49. The van der Waals surface area contributed by atoms with E-state index >= 15 is 0 Å².